The summed E-state index contributed by atoms with van der Waals surface area (Å²) in [6.45, 7) is 1.62. The molecule has 8 nitrogen and oxygen atoms in total. The molecule has 17 heteroatoms. The number of carbonyl (C=O) groups excluding carboxylic acids is 1. The number of amides is 1. The minimum Gasteiger partial charge on any atom is -0.372 e. The Bertz CT molecular complexity index is 1470. The first-order valence-electron chi connectivity index (χ1n) is 11.4. The Hall–Kier alpha value is -3.34. The fourth-order valence-corrected chi connectivity index (χ4v) is 5.12. The van der Waals surface area contributed by atoms with E-state index in [4.69, 9.17) is 0 Å². The third-order valence-corrected chi connectivity index (χ3v) is 7.69. The second kappa shape index (κ2) is 9.94. The Morgan fingerprint density at radius 1 is 1.12 bits per heavy atom. The van der Waals surface area contributed by atoms with E-state index >= 15 is 0 Å². The van der Waals surface area contributed by atoms with Crippen molar-refractivity contribution in [2.45, 2.75) is 43.8 Å². The number of sulfonamides is 1. The molecule has 0 radical (unpaired) electrons. The van der Waals surface area contributed by atoms with E-state index in [-0.39, 0.29) is 42.1 Å². The van der Waals surface area contributed by atoms with Crippen LogP contribution in [0.1, 0.15) is 51.3 Å². The molecule has 0 saturated carbocycles. The molecule has 2 aliphatic rings. The van der Waals surface area contributed by atoms with Gasteiger partial charge in [-0.1, -0.05) is 11.2 Å². The van der Waals surface area contributed by atoms with Crippen molar-refractivity contribution in [1.29, 1.82) is 0 Å². The summed E-state index contributed by atoms with van der Waals surface area (Å²) in [6, 6.07) is 3.34. The summed E-state index contributed by atoms with van der Waals surface area (Å²) in [5.74, 6) is -0.566. The van der Waals surface area contributed by atoms with Crippen LogP contribution >= 0.6 is 0 Å². The average molecular weight is 600 g/mol. The molecule has 1 amide bonds. The van der Waals surface area contributed by atoms with E-state index in [0.717, 1.165) is 10.6 Å². The van der Waals surface area contributed by atoms with Crippen molar-refractivity contribution >= 4 is 21.6 Å². The smallest absolute Gasteiger partial charge is 0.372 e. The Kier molecular flexibility index (Phi) is 7.36. The van der Waals surface area contributed by atoms with Crippen LogP contribution in [0.2, 0.25) is 0 Å². The maximum absolute atomic E-state index is 14.3. The molecule has 2 aliphatic heterocycles. The number of halogens is 8. The number of rotatable bonds is 6. The molecule has 1 N–H and O–H groups in total. The second-order valence-electron chi connectivity index (χ2n) is 9.38. The Labute approximate surface area is 222 Å². The predicted octanol–water partition coefficient (Wildman–Crippen LogP) is 4.30. The van der Waals surface area contributed by atoms with Gasteiger partial charge in [0, 0.05) is 18.7 Å². The third-order valence-electron chi connectivity index (χ3n) is 6.45. The predicted molar refractivity (Wildman–Crippen MR) is 123 cm³/mol. The Morgan fingerprint density at radius 2 is 1.77 bits per heavy atom. The average Bonchev–Trinajstić information content (AvgIpc) is 3.26. The van der Waals surface area contributed by atoms with E-state index in [0.29, 0.717) is 5.56 Å². The van der Waals surface area contributed by atoms with E-state index in [1.54, 1.807) is 0 Å². The first-order valence-corrected chi connectivity index (χ1v) is 13.2. The van der Waals surface area contributed by atoms with Crippen LogP contribution in [0.15, 0.2) is 35.5 Å². The number of aryl methyl sites for hydroxylation is 1. The summed E-state index contributed by atoms with van der Waals surface area (Å²) in [6.07, 6.45) is -14.4. The largest absolute Gasteiger partial charge is 0.437 e. The molecular weight excluding hydrogens is 580 g/mol. The summed E-state index contributed by atoms with van der Waals surface area (Å²) in [5, 5.41) is 6.05. The molecule has 1 aromatic heterocycles. The van der Waals surface area contributed by atoms with Gasteiger partial charge < -0.3 is 10.2 Å². The highest BCUT2D eigenvalue weighted by atomic mass is 32.2. The quantitative estimate of drug-likeness (QED) is 0.499. The number of aromatic nitrogens is 1. The van der Waals surface area contributed by atoms with E-state index in [2.05, 4.69) is 20.3 Å². The molecule has 1 atom stereocenters. The second-order valence-corrected chi connectivity index (χ2v) is 11.4. The Balaban J connectivity index is 1.59. The molecule has 0 aliphatic carbocycles. The topological polar surface area (TPSA) is 101 Å². The van der Waals surface area contributed by atoms with Gasteiger partial charge in [-0.3, -0.25) is 4.79 Å². The summed E-state index contributed by atoms with van der Waals surface area (Å²) < 4.78 is 133. The molecule has 0 spiro atoms. The van der Waals surface area contributed by atoms with Gasteiger partial charge in [0.25, 0.3) is 17.9 Å². The van der Waals surface area contributed by atoms with Crippen molar-refractivity contribution in [2.24, 2.45) is 5.16 Å². The molecule has 4 rings (SSSR count). The molecular formula is C23H20F8N4O4S. The lowest BCUT2D eigenvalue weighted by Gasteiger charge is -2.37. The number of benzene rings is 1. The van der Waals surface area contributed by atoms with Crippen LogP contribution in [0.25, 0.3) is 0 Å². The molecule has 40 heavy (non-hydrogen) atoms. The van der Waals surface area contributed by atoms with Crippen molar-refractivity contribution in [2.75, 3.05) is 19.3 Å². The number of pyridine rings is 1. The van der Waals surface area contributed by atoms with Gasteiger partial charge >= 0.3 is 12.4 Å². The molecule has 1 aromatic carbocycles. The minimum absolute atomic E-state index is 0.00186. The fourth-order valence-electron chi connectivity index (χ4n) is 4.22. The van der Waals surface area contributed by atoms with E-state index < -0.39 is 69.7 Å². The zero-order chi connectivity index (χ0) is 29.8. The lowest BCUT2D eigenvalue weighted by atomic mass is 9.88. The number of nitrogens with one attached hydrogen (secondary N) is 1. The number of nitrogens with zero attached hydrogens (tertiary/aromatic N) is 3. The van der Waals surface area contributed by atoms with Crippen LogP contribution in [0.4, 0.5) is 35.1 Å². The van der Waals surface area contributed by atoms with Gasteiger partial charge in [0.15, 0.2) is 0 Å². The van der Waals surface area contributed by atoms with Crippen molar-refractivity contribution in [3.63, 3.8) is 0 Å². The van der Waals surface area contributed by atoms with Crippen molar-refractivity contribution < 1.29 is 53.2 Å². The summed E-state index contributed by atoms with van der Waals surface area (Å²) in [4.78, 5) is 20.4. The zero-order valence-electron chi connectivity index (χ0n) is 20.6. The van der Waals surface area contributed by atoms with Crippen molar-refractivity contribution in [1.82, 2.24) is 14.6 Å². The zero-order valence-corrected chi connectivity index (χ0v) is 21.4. The monoisotopic (exact) mass is 600 g/mol. The molecule has 218 valence electrons. The van der Waals surface area contributed by atoms with E-state index in [1.807, 2.05) is 0 Å². The molecule has 0 bridgehead atoms. The number of hydrogen-bond acceptors (Lipinski definition) is 6. The first-order chi connectivity index (χ1) is 18.3. The van der Waals surface area contributed by atoms with E-state index in [9.17, 15) is 48.3 Å². The van der Waals surface area contributed by atoms with Crippen LogP contribution < -0.4 is 5.32 Å². The molecule has 0 unspecified atom stereocenters. The van der Waals surface area contributed by atoms with Gasteiger partial charge in [-0.25, -0.2) is 22.2 Å². The third kappa shape index (κ3) is 5.61. The van der Waals surface area contributed by atoms with Crippen molar-refractivity contribution in [3.8, 4) is 0 Å². The number of alkyl halides is 8. The van der Waals surface area contributed by atoms with Gasteiger partial charge in [-0.05, 0) is 42.3 Å². The van der Waals surface area contributed by atoms with E-state index in [1.165, 1.54) is 25.1 Å². The highest BCUT2D eigenvalue weighted by Crippen LogP contribution is 2.49. The molecule has 3 heterocycles. The maximum Gasteiger partial charge on any atom is 0.437 e. The van der Waals surface area contributed by atoms with Crippen LogP contribution in [0, 0.1) is 6.92 Å². The molecule has 2 aromatic rings. The van der Waals surface area contributed by atoms with Crippen LogP contribution in [0.5, 0.6) is 0 Å². The molecule has 1 saturated heterocycles. The van der Waals surface area contributed by atoms with Gasteiger partial charge in [0.2, 0.25) is 10.0 Å². The van der Waals surface area contributed by atoms with Gasteiger partial charge in [-0.2, -0.15) is 30.6 Å². The first kappa shape index (κ1) is 29.6. The maximum atomic E-state index is 14.3. The number of oxime groups is 1. The number of carbonyl (C=O) groups is 1. The minimum atomic E-state index is -5.41. The van der Waals surface area contributed by atoms with Crippen LogP contribution in [-0.2, 0) is 26.6 Å². The lowest BCUT2D eigenvalue weighted by Crippen LogP contribution is -2.60. The Morgan fingerprint density at radius 3 is 2.30 bits per heavy atom. The molecule has 1 fully saturated rings. The van der Waals surface area contributed by atoms with Crippen molar-refractivity contribution in [3.05, 3.63) is 64.0 Å². The fraction of sp³-hybridized carbons (Fsp3) is 0.435. The normalized spacial score (nSPS) is 20.7. The standard InChI is InChI=1S/C23H20F8N4O4S/c1-11-5-12(3-4-15(11)20(36)32-14-9-35(10-14)40(2,37)38)17-8-21(39-34-17,23(29,30)31)18-7-13(22(26,27)28)6-16(33-18)19(24)25/h3-7,14,19H,8-10H2,1-2H3,(H,32,36)/t21-/m1/s1. The summed E-state index contributed by atoms with van der Waals surface area (Å²) in [5.41, 5.74) is -8.19. The van der Waals surface area contributed by atoms with Gasteiger partial charge in [0.05, 0.1) is 35.7 Å². The lowest BCUT2D eigenvalue weighted by molar-refractivity contribution is -0.277. The summed E-state index contributed by atoms with van der Waals surface area (Å²) in [7, 11) is -3.40. The van der Waals surface area contributed by atoms with Crippen LogP contribution in [-0.4, -0.2) is 60.9 Å². The number of hydrogen-bond donors (Lipinski definition) is 1. The van der Waals surface area contributed by atoms with Gasteiger partial charge in [-0.15, -0.1) is 0 Å². The SMILES string of the molecule is Cc1cc(C2=NO[C@](c3cc(C(F)(F)F)cc(C(F)F)n3)(C(F)(F)F)C2)ccc1C(=O)NC1CN(S(C)(=O)=O)C1. The van der Waals surface area contributed by atoms with Crippen LogP contribution in [0.3, 0.4) is 0 Å². The highest BCUT2D eigenvalue weighted by molar-refractivity contribution is 7.88. The van der Waals surface area contributed by atoms with Gasteiger partial charge in [0.1, 0.15) is 5.69 Å². The summed E-state index contributed by atoms with van der Waals surface area (Å²) >= 11 is 0. The highest BCUT2D eigenvalue weighted by Gasteiger charge is 2.64.